The molecule has 0 radical (unpaired) electrons. The van der Waals surface area contributed by atoms with Crippen LogP contribution < -0.4 is 4.74 Å². The molecule has 0 bridgehead atoms. The summed E-state index contributed by atoms with van der Waals surface area (Å²) in [7, 11) is 0. The summed E-state index contributed by atoms with van der Waals surface area (Å²) in [6.07, 6.45) is 5.44. The first-order valence-electron chi connectivity index (χ1n) is 6.53. The Hall–Kier alpha value is -1.20. The maximum Gasteiger partial charge on any atom is 0.122 e. The van der Waals surface area contributed by atoms with Gasteiger partial charge in [0.05, 0.1) is 12.0 Å². The van der Waals surface area contributed by atoms with Crippen LogP contribution in [0.1, 0.15) is 37.7 Å². The molecule has 2 nitrogen and oxygen atoms in total. The number of hydrogen-bond donors (Lipinski definition) is 0. The third kappa shape index (κ3) is 3.17. The maximum absolute atomic E-state index is 9.23. The number of halogens is 1. The van der Waals surface area contributed by atoms with E-state index in [2.05, 4.69) is 6.07 Å². The van der Waals surface area contributed by atoms with Crippen molar-refractivity contribution in [1.82, 2.24) is 0 Å². The average molecular weight is 264 g/mol. The molecule has 1 fully saturated rings. The molecule has 2 rings (SSSR count). The highest BCUT2D eigenvalue weighted by atomic mass is 35.5. The molecule has 2 unspecified atom stereocenters. The Morgan fingerprint density at radius 3 is 2.78 bits per heavy atom. The molecule has 0 aromatic heterocycles. The van der Waals surface area contributed by atoms with Gasteiger partial charge in [-0.3, -0.25) is 0 Å². The van der Waals surface area contributed by atoms with E-state index in [0.29, 0.717) is 0 Å². The first-order valence-corrected chi connectivity index (χ1v) is 6.91. The average Bonchev–Trinajstić information content (AvgIpc) is 2.57. The lowest BCUT2D eigenvalue weighted by molar-refractivity contribution is 0.151. The highest BCUT2D eigenvalue weighted by Gasteiger charge is 2.25. The minimum Gasteiger partial charge on any atom is -0.489 e. The zero-order valence-electron chi connectivity index (χ0n) is 10.7. The summed E-state index contributed by atoms with van der Waals surface area (Å²) in [4.78, 5) is 0. The number of ether oxygens (including phenoxy) is 1. The fourth-order valence-corrected chi connectivity index (χ4v) is 2.70. The Kier molecular flexibility index (Phi) is 4.49. The van der Waals surface area contributed by atoms with E-state index >= 15 is 0 Å². The molecule has 0 spiro atoms. The fraction of sp³-hybridized carbons (Fsp3) is 0.533. The van der Waals surface area contributed by atoms with E-state index in [0.717, 1.165) is 42.0 Å². The molecular weight excluding hydrogens is 246 g/mol. The van der Waals surface area contributed by atoms with Crippen molar-refractivity contribution < 1.29 is 4.74 Å². The van der Waals surface area contributed by atoms with Gasteiger partial charge in [0.15, 0.2) is 0 Å². The summed E-state index contributed by atoms with van der Waals surface area (Å²) in [5.41, 5.74) is 1.03. The SMILES string of the molecule is Cc1cc(Cl)ccc1OC1CCCCCC1C#N. The van der Waals surface area contributed by atoms with Gasteiger partial charge < -0.3 is 4.74 Å². The van der Waals surface area contributed by atoms with E-state index in [1.54, 1.807) is 0 Å². The molecule has 3 heteroatoms. The van der Waals surface area contributed by atoms with Crippen molar-refractivity contribution in [3.63, 3.8) is 0 Å². The molecule has 0 aliphatic heterocycles. The zero-order valence-corrected chi connectivity index (χ0v) is 11.4. The van der Waals surface area contributed by atoms with E-state index in [4.69, 9.17) is 16.3 Å². The first kappa shape index (κ1) is 13.2. The molecule has 1 aliphatic rings. The number of hydrogen-bond acceptors (Lipinski definition) is 2. The zero-order chi connectivity index (χ0) is 13.0. The van der Waals surface area contributed by atoms with Crippen molar-refractivity contribution in [3.05, 3.63) is 28.8 Å². The molecule has 0 saturated heterocycles. The molecule has 0 amide bonds. The van der Waals surface area contributed by atoms with Gasteiger partial charge in [-0.2, -0.15) is 5.26 Å². The van der Waals surface area contributed by atoms with E-state index in [1.165, 1.54) is 6.42 Å². The summed E-state index contributed by atoms with van der Waals surface area (Å²) in [5, 5.41) is 9.95. The number of aryl methyl sites for hydroxylation is 1. The Morgan fingerprint density at radius 2 is 2.06 bits per heavy atom. The van der Waals surface area contributed by atoms with Crippen molar-refractivity contribution in [1.29, 1.82) is 5.26 Å². The predicted molar refractivity (Wildman–Crippen MR) is 72.8 cm³/mol. The minimum atomic E-state index is 0.0163. The topological polar surface area (TPSA) is 33.0 Å². The van der Waals surface area contributed by atoms with Gasteiger partial charge in [0.25, 0.3) is 0 Å². The Morgan fingerprint density at radius 1 is 1.28 bits per heavy atom. The lowest BCUT2D eigenvalue weighted by atomic mass is 9.99. The van der Waals surface area contributed by atoms with Crippen molar-refractivity contribution in [2.24, 2.45) is 5.92 Å². The van der Waals surface area contributed by atoms with Gasteiger partial charge >= 0.3 is 0 Å². The molecule has 1 aromatic rings. The summed E-state index contributed by atoms with van der Waals surface area (Å²) < 4.78 is 6.04. The van der Waals surface area contributed by atoms with Crippen molar-refractivity contribution >= 4 is 11.6 Å². The summed E-state index contributed by atoms with van der Waals surface area (Å²) >= 11 is 5.93. The molecule has 0 N–H and O–H groups in total. The number of nitriles is 1. The number of benzene rings is 1. The van der Waals surface area contributed by atoms with Gasteiger partial charge in [-0.05, 0) is 49.9 Å². The van der Waals surface area contributed by atoms with Crippen LogP contribution in [0.4, 0.5) is 0 Å². The van der Waals surface area contributed by atoms with Crippen molar-refractivity contribution in [3.8, 4) is 11.8 Å². The lowest BCUT2D eigenvalue weighted by Crippen LogP contribution is -2.25. The lowest BCUT2D eigenvalue weighted by Gasteiger charge is -2.22. The van der Waals surface area contributed by atoms with Crippen LogP contribution in [0, 0.1) is 24.2 Å². The second-order valence-corrected chi connectivity index (χ2v) is 5.38. The number of rotatable bonds is 2. The van der Waals surface area contributed by atoms with E-state index in [-0.39, 0.29) is 12.0 Å². The van der Waals surface area contributed by atoms with E-state index in [1.807, 2.05) is 25.1 Å². The van der Waals surface area contributed by atoms with Gasteiger partial charge in [-0.25, -0.2) is 0 Å². The molecule has 1 saturated carbocycles. The van der Waals surface area contributed by atoms with Crippen LogP contribution in [-0.2, 0) is 0 Å². The largest absolute Gasteiger partial charge is 0.489 e. The molecule has 1 aromatic carbocycles. The third-order valence-corrected chi connectivity index (χ3v) is 3.77. The molecule has 18 heavy (non-hydrogen) atoms. The molecular formula is C15H18ClNO. The standard InChI is InChI=1S/C15H18ClNO/c1-11-9-13(16)7-8-14(11)18-15-6-4-2-3-5-12(15)10-17/h7-9,12,15H,2-6H2,1H3. The van der Waals surface area contributed by atoms with Gasteiger partial charge in [0.2, 0.25) is 0 Å². The van der Waals surface area contributed by atoms with Crippen LogP contribution in [0.25, 0.3) is 0 Å². The monoisotopic (exact) mass is 263 g/mol. The summed E-state index contributed by atoms with van der Waals surface area (Å²) in [6, 6.07) is 8.03. The Labute approximate surface area is 114 Å². The van der Waals surface area contributed by atoms with Gasteiger partial charge in [-0.1, -0.05) is 24.4 Å². The van der Waals surface area contributed by atoms with Crippen LogP contribution in [0.5, 0.6) is 5.75 Å². The number of nitrogens with zero attached hydrogens (tertiary/aromatic N) is 1. The molecule has 96 valence electrons. The second-order valence-electron chi connectivity index (χ2n) is 4.94. The van der Waals surface area contributed by atoms with Crippen LogP contribution in [0.2, 0.25) is 5.02 Å². The van der Waals surface area contributed by atoms with Gasteiger partial charge in [-0.15, -0.1) is 0 Å². The third-order valence-electron chi connectivity index (χ3n) is 3.53. The van der Waals surface area contributed by atoms with Crippen LogP contribution in [0.3, 0.4) is 0 Å². The highest BCUT2D eigenvalue weighted by Crippen LogP contribution is 2.29. The first-order chi connectivity index (χ1) is 8.70. The Balaban J connectivity index is 2.13. The molecule has 1 aliphatic carbocycles. The highest BCUT2D eigenvalue weighted by molar-refractivity contribution is 6.30. The Bertz CT molecular complexity index is 452. The fourth-order valence-electron chi connectivity index (χ4n) is 2.47. The van der Waals surface area contributed by atoms with Crippen LogP contribution in [0.15, 0.2) is 18.2 Å². The van der Waals surface area contributed by atoms with Crippen molar-refractivity contribution in [2.75, 3.05) is 0 Å². The van der Waals surface area contributed by atoms with Crippen molar-refractivity contribution in [2.45, 2.75) is 45.1 Å². The van der Waals surface area contributed by atoms with Crippen LogP contribution in [-0.4, -0.2) is 6.10 Å². The normalized spacial score (nSPS) is 24.1. The molecule has 2 atom stereocenters. The van der Waals surface area contributed by atoms with Gasteiger partial charge in [0, 0.05) is 5.02 Å². The van der Waals surface area contributed by atoms with Crippen LogP contribution >= 0.6 is 11.6 Å². The van der Waals surface area contributed by atoms with Gasteiger partial charge in [0.1, 0.15) is 11.9 Å². The minimum absolute atomic E-state index is 0.0163. The quantitative estimate of drug-likeness (QED) is 0.736. The predicted octanol–water partition coefficient (Wildman–Crippen LogP) is 4.50. The smallest absolute Gasteiger partial charge is 0.122 e. The molecule has 0 heterocycles. The summed E-state index contributed by atoms with van der Waals surface area (Å²) in [6.45, 7) is 1.99. The summed E-state index contributed by atoms with van der Waals surface area (Å²) in [5.74, 6) is 0.870. The van der Waals surface area contributed by atoms with E-state index < -0.39 is 0 Å². The maximum atomic E-state index is 9.23. The second kappa shape index (κ2) is 6.11. The van der Waals surface area contributed by atoms with E-state index in [9.17, 15) is 5.26 Å².